The van der Waals surface area contributed by atoms with Crippen LogP contribution in [0.15, 0.2) is 146 Å². The topological polar surface area (TPSA) is 16.1 Å². The third-order valence-electron chi connectivity index (χ3n) is 12.2. The van der Waals surface area contributed by atoms with E-state index in [1.54, 1.807) is 0 Å². The Morgan fingerprint density at radius 2 is 0.863 bits per heavy atom. The van der Waals surface area contributed by atoms with Gasteiger partial charge in [0.15, 0.2) is 0 Å². The molecule has 11 rings (SSSR count). The van der Waals surface area contributed by atoms with Crippen LogP contribution >= 0.6 is 0 Å². The molecular formula is C49H36N2. The summed E-state index contributed by atoms with van der Waals surface area (Å²) in [6.45, 7) is 9.63. The summed E-state index contributed by atoms with van der Waals surface area (Å²) in [5, 5.41) is 12.7. The Bertz CT molecular complexity index is 2980. The number of fused-ring (bicyclic) bond motifs is 13. The van der Waals surface area contributed by atoms with E-state index < -0.39 is 0 Å². The van der Waals surface area contributed by atoms with Crippen LogP contribution < -0.4 is 4.90 Å². The normalized spacial score (nSPS) is 15.3. The van der Waals surface area contributed by atoms with Crippen molar-refractivity contribution in [2.75, 3.05) is 4.90 Å². The Labute approximate surface area is 297 Å². The summed E-state index contributed by atoms with van der Waals surface area (Å²) < 4.78 is 0. The molecule has 0 saturated heterocycles. The molecule has 0 amide bonds. The summed E-state index contributed by atoms with van der Waals surface area (Å²) in [6, 6.07) is 52.2. The van der Waals surface area contributed by atoms with Gasteiger partial charge in [-0.05, 0) is 124 Å². The van der Waals surface area contributed by atoms with Gasteiger partial charge in [-0.2, -0.15) is 0 Å². The fraction of sp³-hybridized carbons (Fsp3) is 0.122. The highest BCUT2D eigenvalue weighted by Crippen LogP contribution is 2.59. The predicted octanol–water partition coefficient (Wildman–Crippen LogP) is 13.3. The number of aromatic nitrogens is 1. The minimum absolute atomic E-state index is 0.202. The van der Waals surface area contributed by atoms with Gasteiger partial charge in [0.1, 0.15) is 5.82 Å². The Morgan fingerprint density at radius 3 is 1.55 bits per heavy atom. The van der Waals surface area contributed by atoms with Gasteiger partial charge in [0.05, 0.1) is 11.4 Å². The van der Waals surface area contributed by atoms with Crippen LogP contribution in [-0.2, 0) is 10.8 Å². The lowest BCUT2D eigenvalue weighted by atomic mass is 9.71. The first kappa shape index (κ1) is 28.8. The smallest absolute Gasteiger partial charge is 0.145 e. The molecule has 0 fully saturated rings. The van der Waals surface area contributed by atoms with E-state index in [1.165, 1.54) is 93.2 Å². The molecule has 0 saturated carbocycles. The number of nitrogens with zero attached hydrogens (tertiary/aromatic N) is 2. The maximum absolute atomic E-state index is 5.15. The van der Waals surface area contributed by atoms with Crippen LogP contribution in [0.3, 0.4) is 0 Å². The lowest BCUT2D eigenvalue weighted by molar-refractivity contribution is 0.628. The lowest BCUT2D eigenvalue weighted by Crippen LogP contribution is -2.31. The second kappa shape index (κ2) is 9.83. The number of benzene rings is 8. The molecule has 2 aliphatic rings. The highest BCUT2D eigenvalue weighted by molar-refractivity contribution is 6.26. The van der Waals surface area contributed by atoms with Crippen molar-refractivity contribution < 1.29 is 0 Å². The molecule has 1 aromatic heterocycles. The van der Waals surface area contributed by atoms with Crippen molar-refractivity contribution in [1.29, 1.82) is 0 Å². The minimum Gasteiger partial charge on any atom is -0.294 e. The van der Waals surface area contributed by atoms with Crippen LogP contribution in [0.4, 0.5) is 17.2 Å². The second-order valence-electron chi connectivity index (χ2n) is 15.6. The Kier molecular flexibility index (Phi) is 5.55. The zero-order valence-electron chi connectivity index (χ0n) is 29.3. The molecule has 8 aromatic carbocycles. The van der Waals surface area contributed by atoms with Gasteiger partial charge in [-0.1, -0.05) is 125 Å². The fourth-order valence-electron chi connectivity index (χ4n) is 9.55. The standard InChI is InChI=1S/C49H36N2/c1-48(2)41-26-38-36-20-12-10-18-34(36)33-17-9-11-19-35(33)37(38)25-39(41)40-27-44-46(28-42(40)48)51(47-32-16-8-7-13-29(32)21-22-50-47)45-24-31-15-6-5-14-30(31)23-43(45)49(44,3)4/h5-28H,1-4H3. The number of pyridine rings is 1. The van der Waals surface area contributed by atoms with Gasteiger partial charge in [-0.25, -0.2) is 4.98 Å². The average molecular weight is 653 g/mol. The molecule has 0 radical (unpaired) electrons. The average Bonchev–Trinajstić information content (AvgIpc) is 3.38. The van der Waals surface area contributed by atoms with E-state index in [1.807, 2.05) is 6.20 Å². The van der Waals surface area contributed by atoms with E-state index in [4.69, 9.17) is 4.98 Å². The third kappa shape index (κ3) is 3.75. The summed E-state index contributed by atoms with van der Waals surface area (Å²) in [5.41, 5.74) is 10.1. The van der Waals surface area contributed by atoms with Crippen molar-refractivity contribution in [1.82, 2.24) is 4.98 Å². The van der Waals surface area contributed by atoms with Crippen molar-refractivity contribution in [2.24, 2.45) is 0 Å². The van der Waals surface area contributed by atoms with Crippen molar-refractivity contribution in [3.63, 3.8) is 0 Å². The van der Waals surface area contributed by atoms with E-state index in [9.17, 15) is 0 Å². The van der Waals surface area contributed by atoms with Crippen LogP contribution in [-0.4, -0.2) is 4.98 Å². The zero-order valence-corrected chi connectivity index (χ0v) is 29.3. The van der Waals surface area contributed by atoms with Gasteiger partial charge in [0.2, 0.25) is 0 Å². The molecule has 51 heavy (non-hydrogen) atoms. The molecule has 9 aromatic rings. The molecule has 1 aliphatic heterocycles. The van der Waals surface area contributed by atoms with E-state index >= 15 is 0 Å². The van der Waals surface area contributed by atoms with E-state index in [-0.39, 0.29) is 10.8 Å². The first-order chi connectivity index (χ1) is 24.8. The van der Waals surface area contributed by atoms with Gasteiger partial charge >= 0.3 is 0 Å². The molecule has 2 nitrogen and oxygen atoms in total. The summed E-state index contributed by atoms with van der Waals surface area (Å²) >= 11 is 0. The summed E-state index contributed by atoms with van der Waals surface area (Å²) in [5.74, 6) is 0.971. The molecule has 0 bridgehead atoms. The van der Waals surface area contributed by atoms with Crippen LogP contribution in [0.5, 0.6) is 0 Å². The number of rotatable bonds is 1. The number of hydrogen-bond acceptors (Lipinski definition) is 2. The lowest BCUT2D eigenvalue weighted by Gasteiger charge is -2.43. The molecule has 0 atom stereocenters. The van der Waals surface area contributed by atoms with Gasteiger partial charge in [0, 0.05) is 22.4 Å². The monoisotopic (exact) mass is 652 g/mol. The summed E-state index contributed by atoms with van der Waals surface area (Å²) in [7, 11) is 0. The van der Waals surface area contributed by atoms with Gasteiger partial charge in [-0.15, -0.1) is 0 Å². The van der Waals surface area contributed by atoms with Gasteiger partial charge in [0.25, 0.3) is 0 Å². The van der Waals surface area contributed by atoms with Crippen LogP contribution in [0.1, 0.15) is 49.9 Å². The third-order valence-corrected chi connectivity index (χ3v) is 12.2. The van der Waals surface area contributed by atoms with Crippen molar-refractivity contribution in [2.45, 2.75) is 38.5 Å². The predicted molar refractivity (Wildman–Crippen MR) is 216 cm³/mol. The molecular weight excluding hydrogens is 617 g/mol. The maximum atomic E-state index is 5.15. The molecule has 0 N–H and O–H groups in total. The summed E-state index contributed by atoms with van der Waals surface area (Å²) in [6.07, 6.45) is 1.96. The fourth-order valence-corrected chi connectivity index (χ4v) is 9.55. The first-order valence-corrected chi connectivity index (χ1v) is 18.0. The van der Waals surface area contributed by atoms with Crippen LogP contribution in [0.25, 0.3) is 65.0 Å². The largest absolute Gasteiger partial charge is 0.294 e. The maximum Gasteiger partial charge on any atom is 0.145 e. The Hall–Kier alpha value is -5.99. The van der Waals surface area contributed by atoms with E-state index in [0.717, 1.165) is 11.2 Å². The van der Waals surface area contributed by atoms with Crippen LogP contribution in [0, 0.1) is 0 Å². The molecule has 0 spiro atoms. The molecule has 2 heterocycles. The highest BCUT2D eigenvalue weighted by atomic mass is 15.2. The Morgan fingerprint density at radius 1 is 0.392 bits per heavy atom. The SMILES string of the molecule is CC1(C)c2cc3c(cc2-c2cc4c5ccccc5c5ccccc5c4cc21)C(C)(C)c1cc2ccccc2cc1N3c1nccc2ccccc12. The van der Waals surface area contributed by atoms with E-state index in [0.29, 0.717) is 0 Å². The number of anilines is 3. The first-order valence-electron chi connectivity index (χ1n) is 18.0. The molecule has 242 valence electrons. The molecule has 1 aliphatic carbocycles. The van der Waals surface area contributed by atoms with Crippen LogP contribution in [0.2, 0.25) is 0 Å². The highest BCUT2D eigenvalue weighted by Gasteiger charge is 2.43. The molecule has 0 unspecified atom stereocenters. The van der Waals surface area contributed by atoms with E-state index in [2.05, 4.69) is 172 Å². The minimum atomic E-state index is -0.253. The van der Waals surface area contributed by atoms with Crippen molar-refractivity contribution in [3.05, 3.63) is 168 Å². The van der Waals surface area contributed by atoms with Gasteiger partial charge in [-0.3, -0.25) is 4.90 Å². The number of hydrogen-bond donors (Lipinski definition) is 0. The zero-order chi connectivity index (χ0) is 34.2. The summed E-state index contributed by atoms with van der Waals surface area (Å²) in [4.78, 5) is 7.61. The Balaban J connectivity index is 1.24. The van der Waals surface area contributed by atoms with Crippen molar-refractivity contribution in [3.8, 4) is 11.1 Å². The quantitative estimate of drug-likeness (QED) is 0.164. The second-order valence-corrected chi connectivity index (χ2v) is 15.6. The van der Waals surface area contributed by atoms with Crippen molar-refractivity contribution >= 4 is 71.1 Å². The van der Waals surface area contributed by atoms with Gasteiger partial charge < -0.3 is 0 Å². The molecule has 2 heteroatoms.